The molecule has 0 spiro atoms. The number of hydrogen-bond donors (Lipinski definition) is 1. The summed E-state index contributed by atoms with van der Waals surface area (Å²) in [6.07, 6.45) is 1.92. The van der Waals surface area contributed by atoms with Crippen molar-refractivity contribution in [3.05, 3.63) is 64.2 Å². The van der Waals surface area contributed by atoms with E-state index in [1.807, 2.05) is 54.3 Å². The lowest BCUT2D eigenvalue weighted by atomic mass is 9.94. The smallest absolute Gasteiger partial charge is 0.265 e. The molecule has 0 saturated carbocycles. The van der Waals surface area contributed by atoms with Crippen LogP contribution in [-0.4, -0.2) is 43.8 Å². The first kappa shape index (κ1) is 19.6. The van der Waals surface area contributed by atoms with E-state index < -0.39 is 0 Å². The number of thiazole rings is 1. The number of rotatable bonds is 3. The van der Waals surface area contributed by atoms with E-state index in [0.29, 0.717) is 23.8 Å². The van der Waals surface area contributed by atoms with E-state index in [2.05, 4.69) is 15.0 Å². The standard InChI is InChI=1S/C23H22N6OS/c1-14-19(31-13-25-14)23(30)29-11-5-8-16(12-29)18-10-9-17-20(24)27-21(28-22(17)26-18)15-6-3-2-4-7-15/h2-4,6-7,9-10,13,16H,5,8,11-12H2,1H3,(H2,24,26,27,28)/t16-/m0/s1. The first-order valence-electron chi connectivity index (χ1n) is 10.3. The Balaban J connectivity index is 1.45. The van der Waals surface area contributed by atoms with Gasteiger partial charge in [-0.05, 0) is 31.9 Å². The van der Waals surface area contributed by atoms with Crippen LogP contribution in [0.3, 0.4) is 0 Å². The van der Waals surface area contributed by atoms with Gasteiger partial charge in [0.1, 0.15) is 10.7 Å². The summed E-state index contributed by atoms with van der Waals surface area (Å²) in [4.78, 5) is 33.8. The predicted molar refractivity (Wildman–Crippen MR) is 122 cm³/mol. The van der Waals surface area contributed by atoms with Crippen molar-refractivity contribution >= 4 is 34.1 Å². The second-order valence-corrected chi connectivity index (χ2v) is 8.62. The molecule has 31 heavy (non-hydrogen) atoms. The third-order valence-electron chi connectivity index (χ3n) is 5.71. The lowest BCUT2D eigenvalue weighted by Gasteiger charge is -2.32. The van der Waals surface area contributed by atoms with E-state index in [1.54, 1.807) is 5.51 Å². The van der Waals surface area contributed by atoms with E-state index in [0.717, 1.165) is 46.6 Å². The van der Waals surface area contributed by atoms with Gasteiger partial charge in [0.05, 0.1) is 16.6 Å². The zero-order valence-electron chi connectivity index (χ0n) is 17.2. The number of benzene rings is 1. The monoisotopic (exact) mass is 430 g/mol. The number of aromatic nitrogens is 4. The lowest BCUT2D eigenvalue weighted by Crippen LogP contribution is -2.39. The van der Waals surface area contributed by atoms with Gasteiger partial charge in [0.2, 0.25) is 0 Å². The Morgan fingerprint density at radius 1 is 1.13 bits per heavy atom. The Bertz CT molecular complexity index is 1260. The van der Waals surface area contributed by atoms with E-state index in [1.165, 1.54) is 11.3 Å². The number of fused-ring (bicyclic) bond motifs is 1. The summed E-state index contributed by atoms with van der Waals surface area (Å²) in [7, 11) is 0. The maximum atomic E-state index is 13.0. The Kier molecular flexibility index (Phi) is 5.07. The zero-order valence-corrected chi connectivity index (χ0v) is 18.0. The minimum Gasteiger partial charge on any atom is -0.383 e. The molecule has 2 N–H and O–H groups in total. The summed E-state index contributed by atoms with van der Waals surface area (Å²) in [5.74, 6) is 1.20. The Hall–Kier alpha value is -3.39. The topological polar surface area (TPSA) is 97.9 Å². The number of aryl methyl sites for hydroxylation is 1. The molecular weight excluding hydrogens is 408 g/mol. The van der Waals surface area contributed by atoms with E-state index in [4.69, 9.17) is 10.7 Å². The average Bonchev–Trinajstić information content (AvgIpc) is 3.24. The molecule has 1 amide bonds. The maximum absolute atomic E-state index is 13.0. The molecule has 4 aromatic rings. The normalized spacial score (nSPS) is 16.5. The van der Waals surface area contributed by atoms with Crippen LogP contribution in [0.15, 0.2) is 48.0 Å². The summed E-state index contributed by atoms with van der Waals surface area (Å²) in [6.45, 7) is 3.28. The fourth-order valence-electron chi connectivity index (χ4n) is 4.05. The molecule has 8 heteroatoms. The molecule has 1 atom stereocenters. The number of likely N-dealkylation sites (tertiary alicyclic amines) is 1. The SMILES string of the molecule is Cc1ncsc1C(=O)N1CCC[C@H](c2ccc3c(N)nc(-c4ccccc4)nc3n2)C1. The molecule has 0 bridgehead atoms. The molecule has 1 saturated heterocycles. The van der Waals surface area contributed by atoms with Crippen molar-refractivity contribution in [3.8, 4) is 11.4 Å². The second-order valence-electron chi connectivity index (χ2n) is 7.76. The number of carbonyl (C=O) groups is 1. The van der Waals surface area contributed by atoms with Crippen LogP contribution in [0, 0.1) is 6.92 Å². The Morgan fingerprint density at radius 3 is 2.74 bits per heavy atom. The molecule has 1 aliphatic rings. The summed E-state index contributed by atoms with van der Waals surface area (Å²) >= 11 is 1.40. The van der Waals surface area contributed by atoms with Gasteiger partial charge in [0, 0.05) is 30.3 Å². The summed E-state index contributed by atoms with van der Waals surface area (Å²) in [5.41, 5.74) is 11.1. The largest absolute Gasteiger partial charge is 0.383 e. The van der Waals surface area contributed by atoms with Gasteiger partial charge in [-0.3, -0.25) is 4.79 Å². The van der Waals surface area contributed by atoms with Crippen molar-refractivity contribution in [2.45, 2.75) is 25.7 Å². The zero-order chi connectivity index (χ0) is 21.4. The van der Waals surface area contributed by atoms with Crippen LogP contribution in [0.25, 0.3) is 22.4 Å². The molecular formula is C23H22N6OS. The van der Waals surface area contributed by atoms with Crippen LogP contribution in [0.1, 0.15) is 39.8 Å². The Morgan fingerprint density at radius 2 is 1.97 bits per heavy atom. The highest BCUT2D eigenvalue weighted by Gasteiger charge is 2.28. The molecule has 5 rings (SSSR count). The molecule has 4 heterocycles. The molecule has 1 fully saturated rings. The van der Waals surface area contributed by atoms with Crippen molar-refractivity contribution in [1.82, 2.24) is 24.8 Å². The molecule has 7 nitrogen and oxygen atoms in total. The van der Waals surface area contributed by atoms with Gasteiger partial charge < -0.3 is 10.6 Å². The predicted octanol–water partition coefficient (Wildman–Crippen LogP) is 4.06. The molecule has 1 aliphatic heterocycles. The maximum Gasteiger partial charge on any atom is 0.265 e. The summed E-state index contributed by atoms with van der Waals surface area (Å²) in [5, 5.41) is 0.743. The lowest BCUT2D eigenvalue weighted by molar-refractivity contribution is 0.0710. The molecule has 0 unspecified atom stereocenters. The molecule has 156 valence electrons. The highest BCUT2D eigenvalue weighted by atomic mass is 32.1. The number of carbonyl (C=O) groups excluding carboxylic acids is 1. The number of piperidine rings is 1. The highest BCUT2D eigenvalue weighted by molar-refractivity contribution is 7.11. The van der Waals surface area contributed by atoms with Crippen molar-refractivity contribution in [3.63, 3.8) is 0 Å². The number of nitrogen functional groups attached to an aromatic ring is 1. The van der Waals surface area contributed by atoms with Crippen molar-refractivity contribution in [1.29, 1.82) is 0 Å². The van der Waals surface area contributed by atoms with Crippen LogP contribution in [0.4, 0.5) is 5.82 Å². The third kappa shape index (κ3) is 3.74. The number of nitrogens with two attached hydrogens (primary N) is 1. The molecule has 0 radical (unpaired) electrons. The van der Waals surface area contributed by atoms with Gasteiger partial charge in [-0.2, -0.15) is 0 Å². The minimum absolute atomic E-state index is 0.0587. The van der Waals surface area contributed by atoms with Crippen LogP contribution in [0.5, 0.6) is 0 Å². The molecule has 3 aromatic heterocycles. The summed E-state index contributed by atoms with van der Waals surface area (Å²) in [6, 6.07) is 13.7. The fraction of sp³-hybridized carbons (Fsp3) is 0.261. The van der Waals surface area contributed by atoms with Crippen molar-refractivity contribution in [2.24, 2.45) is 0 Å². The number of amides is 1. The highest BCUT2D eigenvalue weighted by Crippen LogP contribution is 2.30. The second kappa shape index (κ2) is 8.03. The van der Waals surface area contributed by atoms with Crippen LogP contribution in [0.2, 0.25) is 0 Å². The fourth-order valence-corrected chi connectivity index (χ4v) is 4.81. The number of pyridine rings is 1. The number of hydrogen-bond acceptors (Lipinski definition) is 7. The first-order chi connectivity index (χ1) is 15.1. The molecule has 0 aliphatic carbocycles. The first-order valence-corrected chi connectivity index (χ1v) is 11.2. The van der Waals surface area contributed by atoms with Gasteiger partial charge >= 0.3 is 0 Å². The van der Waals surface area contributed by atoms with Crippen molar-refractivity contribution in [2.75, 3.05) is 18.8 Å². The number of anilines is 1. The number of nitrogens with zero attached hydrogens (tertiary/aromatic N) is 5. The van der Waals surface area contributed by atoms with Gasteiger partial charge in [-0.1, -0.05) is 30.3 Å². The minimum atomic E-state index is 0.0587. The van der Waals surface area contributed by atoms with Gasteiger partial charge in [-0.25, -0.2) is 19.9 Å². The van der Waals surface area contributed by atoms with E-state index >= 15 is 0 Å². The quantitative estimate of drug-likeness (QED) is 0.526. The molecule has 1 aromatic carbocycles. The van der Waals surface area contributed by atoms with Gasteiger partial charge in [0.15, 0.2) is 11.5 Å². The Labute approximate surface area is 184 Å². The van der Waals surface area contributed by atoms with Crippen LogP contribution >= 0.6 is 11.3 Å². The third-order valence-corrected chi connectivity index (χ3v) is 6.63. The summed E-state index contributed by atoms with van der Waals surface area (Å²) < 4.78 is 0. The average molecular weight is 431 g/mol. The van der Waals surface area contributed by atoms with Crippen LogP contribution in [-0.2, 0) is 0 Å². The van der Waals surface area contributed by atoms with E-state index in [-0.39, 0.29) is 11.8 Å². The van der Waals surface area contributed by atoms with Gasteiger partial charge in [-0.15, -0.1) is 11.3 Å². The van der Waals surface area contributed by atoms with Gasteiger partial charge in [0.25, 0.3) is 5.91 Å². The van der Waals surface area contributed by atoms with Crippen molar-refractivity contribution < 1.29 is 4.79 Å². The van der Waals surface area contributed by atoms with Crippen LogP contribution < -0.4 is 5.73 Å². The van der Waals surface area contributed by atoms with E-state index in [9.17, 15) is 4.79 Å².